The number of para-hydroxylation sites is 1. The number of benzene rings is 1. The Balaban J connectivity index is 2.13. The first-order valence-electron chi connectivity index (χ1n) is 10.1. The Morgan fingerprint density at radius 3 is 2.73 bits per heavy atom. The van der Waals surface area contributed by atoms with Gasteiger partial charge in [-0.2, -0.15) is 0 Å². The van der Waals surface area contributed by atoms with Gasteiger partial charge < -0.3 is 14.6 Å². The summed E-state index contributed by atoms with van der Waals surface area (Å²) in [5, 5.41) is 8.36. The molecule has 162 valence electrons. The molecule has 6 heteroatoms. The second kappa shape index (κ2) is 11.2. The number of carbonyl (C=O) groups excluding carboxylic acids is 2. The van der Waals surface area contributed by atoms with Gasteiger partial charge in [-0.15, -0.1) is 5.73 Å². The first-order chi connectivity index (χ1) is 14.3. The molecule has 1 N–H and O–H groups in total. The summed E-state index contributed by atoms with van der Waals surface area (Å²) in [6.07, 6.45) is 7.63. The van der Waals surface area contributed by atoms with Crippen molar-refractivity contribution in [1.29, 1.82) is 0 Å². The largest absolute Gasteiger partial charge is 0.465 e. The van der Waals surface area contributed by atoms with Crippen LogP contribution in [0.15, 0.2) is 60.4 Å². The van der Waals surface area contributed by atoms with Crippen LogP contribution in [0.2, 0.25) is 0 Å². The molecule has 1 saturated carbocycles. The van der Waals surface area contributed by atoms with E-state index in [-0.39, 0.29) is 17.6 Å². The van der Waals surface area contributed by atoms with Crippen molar-refractivity contribution < 1.29 is 24.2 Å². The van der Waals surface area contributed by atoms with Crippen molar-refractivity contribution in [2.24, 2.45) is 17.8 Å². The van der Waals surface area contributed by atoms with E-state index in [9.17, 15) is 14.7 Å². The fraction of sp³-hybridized carbons (Fsp3) is 0.458. The van der Waals surface area contributed by atoms with Gasteiger partial charge in [0.05, 0.1) is 7.11 Å². The quantitative estimate of drug-likeness (QED) is 0.270. The fourth-order valence-electron chi connectivity index (χ4n) is 3.61. The summed E-state index contributed by atoms with van der Waals surface area (Å²) >= 11 is 6.31. The molecule has 0 bridgehead atoms. The lowest BCUT2D eigenvalue weighted by Crippen LogP contribution is -2.49. The van der Waals surface area contributed by atoms with Gasteiger partial charge in [0.1, 0.15) is 17.6 Å². The Bertz CT molecular complexity index is 812. The number of ketones is 1. The molecule has 2 rings (SSSR count). The third kappa shape index (κ3) is 5.85. The van der Waals surface area contributed by atoms with Gasteiger partial charge in [-0.25, -0.2) is 4.79 Å². The first-order valence-corrected chi connectivity index (χ1v) is 10.5. The highest BCUT2D eigenvalue weighted by atomic mass is 35.5. The molecule has 0 aliphatic heterocycles. The van der Waals surface area contributed by atoms with E-state index in [1.165, 1.54) is 6.08 Å². The average Bonchev–Trinajstić information content (AvgIpc) is 3.01. The zero-order valence-corrected chi connectivity index (χ0v) is 18.3. The van der Waals surface area contributed by atoms with Crippen molar-refractivity contribution in [2.75, 3.05) is 7.11 Å². The van der Waals surface area contributed by atoms with Crippen LogP contribution in [0.1, 0.15) is 33.1 Å². The molecule has 5 atom stereocenters. The van der Waals surface area contributed by atoms with Gasteiger partial charge in [-0.05, 0) is 49.0 Å². The number of halogens is 1. The number of ether oxygens (including phenoxy) is 2. The van der Waals surface area contributed by atoms with E-state index in [0.717, 1.165) is 13.5 Å². The number of Topliss-reactive ketones (excluding diaryl/α,β-unsaturated/α-hetero) is 1. The number of rotatable bonds is 9. The lowest BCUT2D eigenvalue weighted by molar-refractivity contribution is -0.157. The van der Waals surface area contributed by atoms with E-state index in [1.807, 2.05) is 0 Å². The number of carbonyl (C=O) groups is 2. The molecule has 0 spiro atoms. The van der Waals surface area contributed by atoms with Crippen molar-refractivity contribution in [1.82, 2.24) is 0 Å². The Kier molecular flexibility index (Phi) is 8.91. The van der Waals surface area contributed by atoms with Gasteiger partial charge >= 0.3 is 11.0 Å². The van der Waals surface area contributed by atoms with Crippen molar-refractivity contribution in [3.05, 3.63) is 60.4 Å². The van der Waals surface area contributed by atoms with Crippen LogP contribution in [0.3, 0.4) is 0 Å². The molecule has 1 aliphatic carbocycles. The van der Waals surface area contributed by atoms with Crippen LogP contribution in [-0.4, -0.2) is 35.1 Å². The molecule has 0 saturated heterocycles. The lowest BCUT2D eigenvalue weighted by atomic mass is 9.87. The second-order valence-electron chi connectivity index (χ2n) is 7.44. The topological polar surface area (TPSA) is 72.8 Å². The number of alkyl halides is 1. The molecule has 30 heavy (non-hydrogen) atoms. The fourth-order valence-corrected chi connectivity index (χ4v) is 3.83. The minimum Gasteiger partial charge on any atom is -0.465 e. The van der Waals surface area contributed by atoms with E-state index in [4.69, 9.17) is 21.1 Å². The minimum atomic E-state index is -2.15. The highest BCUT2D eigenvalue weighted by molar-refractivity contribution is 6.33. The molecule has 1 fully saturated rings. The van der Waals surface area contributed by atoms with Crippen LogP contribution in [0.5, 0.6) is 5.75 Å². The number of aliphatic hydroxyl groups is 1. The van der Waals surface area contributed by atoms with Crippen molar-refractivity contribution in [2.45, 2.75) is 44.3 Å². The Morgan fingerprint density at radius 1 is 1.40 bits per heavy atom. The Morgan fingerprint density at radius 2 is 2.10 bits per heavy atom. The van der Waals surface area contributed by atoms with Crippen molar-refractivity contribution in [3.8, 4) is 5.75 Å². The van der Waals surface area contributed by atoms with Gasteiger partial charge in [0, 0.05) is 12.3 Å². The SMILES string of the molecule is CC/C=C/[C@H]1[C@H](C)CC(=O)[C@@H]1CC=C=CC([16OH])C(Cl)(Oc1ccccc1)C(=O)OC. The predicted octanol–water partition coefficient (Wildman–Crippen LogP) is 4.44. The average molecular weight is 433 g/mol. The van der Waals surface area contributed by atoms with Gasteiger partial charge in [-0.1, -0.05) is 55.8 Å². The summed E-state index contributed by atoms with van der Waals surface area (Å²) in [6.45, 7) is 4.15. The molecular weight excluding hydrogens is 404 g/mol. The molecule has 0 heterocycles. The maximum absolute atomic E-state index is 12.3. The predicted molar refractivity (Wildman–Crippen MR) is 116 cm³/mol. The van der Waals surface area contributed by atoms with Gasteiger partial charge in [0.15, 0.2) is 0 Å². The number of hydrogen-bond acceptors (Lipinski definition) is 5. The van der Waals surface area contributed by atoms with Crippen LogP contribution in [0.4, 0.5) is 0 Å². The molecule has 0 amide bonds. The third-order valence-electron chi connectivity index (χ3n) is 5.25. The van der Waals surface area contributed by atoms with E-state index in [2.05, 4.69) is 31.7 Å². The molecule has 5 nitrogen and oxygen atoms in total. The zero-order chi connectivity index (χ0) is 22.1. The standard InChI is InChI=1S/C24H29ClO5/c1-4-5-13-19-17(2)16-21(26)20(19)14-9-10-15-22(27)24(25,23(28)29-3)30-18-11-7-6-8-12-18/h5-9,11-13,15,17,19-20,22,27H,4,14,16H2,1-3H3/b13-5+/t10?,17-,19+,20-,22?,24?/m1/s1/i27+0. The van der Waals surface area contributed by atoms with Crippen LogP contribution >= 0.6 is 11.6 Å². The Hall–Kier alpha value is -2.33. The van der Waals surface area contributed by atoms with Crippen LogP contribution < -0.4 is 4.74 Å². The minimum absolute atomic E-state index is 0.109. The monoisotopic (exact) mass is 432 g/mol. The summed E-state index contributed by atoms with van der Waals surface area (Å²) in [7, 11) is 1.16. The summed E-state index contributed by atoms with van der Waals surface area (Å²) < 4.78 is 10.2. The molecule has 1 aliphatic rings. The molecule has 0 radical (unpaired) electrons. The number of methoxy groups -OCH3 is 1. The lowest BCUT2D eigenvalue weighted by Gasteiger charge is -2.27. The number of hydrogen-bond donors (Lipinski definition) is 1. The molecule has 1 aromatic carbocycles. The number of aliphatic hydroxyl groups excluding tert-OH is 1. The number of allylic oxidation sites excluding steroid dienone is 2. The van der Waals surface area contributed by atoms with Gasteiger partial charge in [0.2, 0.25) is 0 Å². The summed E-state index contributed by atoms with van der Waals surface area (Å²) in [5.41, 5.74) is 2.85. The van der Waals surface area contributed by atoms with E-state index in [0.29, 0.717) is 24.5 Å². The maximum Gasteiger partial charge on any atom is 0.369 e. The number of esters is 1. The summed E-state index contributed by atoms with van der Waals surface area (Å²) in [5.74, 6) is 0.0169. The van der Waals surface area contributed by atoms with Crippen LogP contribution in [-0.2, 0) is 14.3 Å². The van der Waals surface area contributed by atoms with E-state index < -0.39 is 17.1 Å². The van der Waals surface area contributed by atoms with Crippen LogP contribution in [0.25, 0.3) is 0 Å². The van der Waals surface area contributed by atoms with Gasteiger partial charge in [-0.3, -0.25) is 4.79 Å². The molecule has 1 aromatic rings. The highest BCUT2D eigenvalue weighted by Crippen LogP contribution is 2.37. The zero-order valence-electron chi connectivity index (χ0n) is 17.6. The molecular formula is C24H29ClO5. The molecule has 0 aromatic heterocycles. The maximum atomic E-state index is 12.3. The van der Waals surface area contributed by atoms with E-state index >= 15 is 0 Å². The van der Waals surface area contributed by atoms with Gasteiger partial charge in [0.25, 0.3) is 0 Å². The van der Waals surface area contributed by atoms with Crippen LogP contribution in [0, 0.1) is 17.8 Å². The third-order valence-corrected chi connectivity index (χ3v) is 5.70. The second-order valence-corrected chi connectivity index (χ2v) is 8.00. The highest BCUT2D eigenvalue weighted by Gasteiger charge is 2.47. The van der Waals surface area contributed by atoms with E-state index in [1.54, 1.807) is 36.4 Å². The summed E-state index contributed by atoms with van der Waals surface area (Å²) in [4.78, 5) is 24.5. The summed E-state index contributed by atoms with van der Waals surface area (Å²) in [6, 6.07) is 8.45. The van der Waals surface area contributed by atoms with Crippen molar-refractivity contribution in [3.63, 3.8) is 0 Å². The Labute approximate surface area is 183 Å². The van der Waals surface area contributed by atoms with Crippen molar-refractivity contribution >= 4 is 23.4 Å². The molecule has 2 unspecified atom stereocenters. The smallest absolute Gasteiger partial charge is 0.369 e. The normalized spacial score (nSPS) is 24.0. The first kappa shape index (κ1) is 23.9.